The summed E-state index contributed by atoms with van der Waals surface area (Å²) in [6.45, 7) is 1.31. The van der Waals surface area contributed by atoms with Gasteiger partial charge >= 0.3 is 0 Å². The largest absolute Gasteiger partial charge is 0.240 e. The van der Waals surface area contributed by atoms with E-state index in [2.05, 4.69) is 4.72 Å². The molecule has 0 amide bonds. The molecule has 2 aromatic carbocycles. The zero-order chi connectivity index (χ0) is 19.1. The Morgan fingerprint density at radius 3 is 2.22 bits per heavy atom. The van der Waals surface area contributed by atoms with Crippen molar-refractivity contribution in [1.82, 2.24) is 9.03 Å². The molecule has 1 N–H and O–H groups in total. The molecule has 2 aromatic rings. The molecule has 1 aliphatic carbocycles. The Morgan fingerprint density at radius 1 is 0.889 bits per heavy atom. The molecule has 0 aromatic heterocycles. The number of fused-ring (bicyclic) bond motifs is 1. The van der Waals surface area contributed by atoms with E-state index in [0.29, 0.717) is 32.5 Å². The second-order valence-electron chi connectivity index (χ2n) is 7.45. The molecule has 0 radical (unpaired) electrons. The molecule has 8 heteroatoms. The number of rotatable bonds is 6. The van der Waals surface area contributed by atoms with Crippen LogP contribution < -0.4 is 4.72 Å². The lowest BCUT2D eigenvalue weighted by molar-refractivity contribution is 0.274. The van der Waals surface area contributed by atoms with E-state index >= 15 is 0 Å². The van der Waals surface area contributed by atoms with Crippen LogP contribution in [0.15, 0.2) is 47.4 Å². The molecule has 27 heavy (non-hydrogen) atoms. The first-order valence-corrected chi connectivity index (χ1v) is 12.3. The molecular formula is C19H24N2O4S2. The summed E-state index contributed by atoms with van der Waals surface area (Å²) in [7, 11) is -6.70. The van der Waals surface area contributed by atoms with Gasteiger partial charge in [-0.25, -0.2) is 25.9 Å². The maximum atomic E-state index is 12.6. The van der Waals surface area contributed by atoms with Gasteiger partial charge in [-0.3, -0.25) is 0 Å². The quantitative estimate of drug-likeness (QED) is 0.795. The molecule has 1 saturated carbocycles. The molecule has 2 fully saturated rings. The lowest BCUT2D eigenvalue weighted by Crippen LogP contribution is -2.42. The maximum absolute atomic E-state index is 12.6. The fraction of sp³-hybridized carbons (Fsp3) is 0.474. The van der Waals surface area contributed by atoms with Gasteiger partial charge in [0.1, 0.15) is 0 Å². The molecule has 0 bridgehead atoms. The second kappa shape index (κ2) is 7.16. The van der Waals surface area contributed by atoms with Crippen molar-refractivity contribution >= 4 is 30.8 Å². The van der Waals surface area contributed by atoms with Gasteiger partial charge in [0.15, 0.2) is 0 Å². The maximum Gasteiger partial charge on any atom is 0.240 e. The van der Waals surface area contributed by atoms with Crippen molar-refractivity contribution in [1.29, 1.82) is 0 Å². The highest BCUT2D eigenvalue weighted by atomic mass is 32.2. The first kappa shape index (κ1) is 18.9. The number of piperidine rings is 1. The summed E-state index contributed by atoms with van der Waals surface area (Å²) in [5.41, 5.74) is 0. The first-order chi connectivity index (χ1) is 12.9. The summed E-state index contributed by atoms with van der Waals surface area (Å²) >= 11 is 0. The third-order valence-electron chi connectivity index (χ3n) is 5.47. The molecule has 0 unspecified atom stereocenters. The van der Waals surface area contributed by atoms with E-state index in [1.165, 1.54) is 0 Å². The Hall–Kier alpha value is -1.48. The van der Waals surface area contributed by atoms with Crippen LogP contribution in [-0.2, 0) is 20.0 Å². The van der Waals surface area contributed by atoms with Gasteiger partial charge in [0.25, 0.3) is 0 Å². The van der Waals surface area contributed by atoms with Crippen LogP contribution in [0.2, 0.25) is 0 Å². The zero-order valence-electron chi connectivity index (χ0n) is 15.0. The molecule has 1 heterocycles. The van der Waals surface area contributed by atoms with Crippen LogP contribution in [-0.4, -0.2) is 46.0 Å². The van der Waals surface area contributed by atoms with Crippen molar-refractivity contribution in [2.75, 3.05) is 19.6 Å². The van der Waals surface area contributed by atoms with E-state index in [4.69, 9.17) is 0 Å². The van der Waals surface area contributed by atoms with Crippen molar-refractivity contribution in [3.8, 4) is 0 Å². The van der Waals surface area contributed by atoms with Gasteiger partial charge in [0.05, 0.1) is 10.1 Å². The lowest BCUT2D eigenvalue weighted by atomic mass is 9.99. The first-order valence-electron chi connectivity index (χ1n) is 9.34. The van der Waals surface area contributed by atoms with E-state index in [-0.39, 0.29) is 16.1 Å². The fourth-order valence-electron chi connectivity index (χ4n) is 3.59. The average Bonchev–Trinajstić information content (AvgIpc) is 3.52. The van der Waals surface area contributed by atoms with Crippen LogP contribution in [0.1, 0.15) is 25.7 Å². The second-order valence-corrected chi connectivity index (χ2v) is 11.4. The Morgan fingerprint density at radius 2 is 1.56 bits per heavy atom. The third-order valence-corrected chi connectivity index (χ3v) is 9.29. The Labute approximate surface area is 160 Å². The van der Waals surface area contributed by atoms with Crippen LogP contribution >= 0.6 is 0 Å². The van der Waals surface area contributed by atoms with Crippen molar-refractivity contribution in [2.45, 2.75) is 35.8 Å². The molecule has 1 aliphatic heterocycles. The van der Waals surface area contributed by atoms with Crippen LogP contribution in [0, 0.1) is 5.92 Å². The standard InChI is InChI=1S/C19H24N2O4S2/c22-26(23,19-6-5-16-3-1-2-4-17(16)13-19)20-14-15-9-11-21(12-10-15)27(24,25)18-7-8-18/h1-6,13,15,18,20H,7-12,14H2. The number of nitrogens with one attached hydrogen (secondary N) is 1. The zero-order valence-corrected chi connectivity index (χ0v) is 16.7. The Bertz CT molecular complexity index is 1040. The van der Waals surface area contributed by atoms with Gasteiger partial charge in [-0.05, 0) is 54.5 Å². The van der Waals surface area contributed by atoms with Crippen LogP contribution in [0.5, 0.6) is 0 Å². The summed E-state index contributed by atoms with van der Waals surface area (Å²) in [4.78, 5) is 0.259. The molecule has 6 nitrogen and oxygen atoms in total. The van der Waals surface area contributed by atoms with Gasteiger partial charge in [-0.15, -0.1) is 0 Å². The molecule has 0 spiro atoms. The van der Waals surface area contributed by atoms with E-state index in [9.17, 15) is 16.8 Å². The normalized spacial score (nSPS) is 20.1. The highest BCUT2D eigenvalue weighted by Crippen LogP contribution is 2.33. The van der Waals surface area contributed by atoms with E-state index < -0.39 is 20.0 Å². The number of sulfonamides is 2. The third kappa shape index (κ3) is 4.03. The molecule has 146 valence electrons. The number of hydrogen-bond donors (Lipinski definition) is 1. The topological polar surface area (TPSA) is 83.6 Å². The smallest absolute Gasteiger partial charge is 0.212 e. The van der Waals surface area contributed by atoms with Crippen LogP contribution in [0.25, 0.3) is 10.8 Å². The van der Waals surface area contributed by atoms with Gasteiger partial charge in [-0.1, -0.05) is 30.3 Å². The minimum atomic E-state index is -3.58. The van der Waals surface area contributed by atoms with Gasteiger partial charge in [0, 0.05) is 19.6 Å². The SMILES string of the molecule is O=S(=O)(NCC1CCN(S(=O)(=O)C2CC2)CC1)c1ccc2ccccc2c1. The van der Waals surface area contributed by atoms with Crippen molar-refractivity contribution in [3.05, 3.63) is 42.5 Å². The Balaban J connectivity index is 1.36. The van der Waals surface area contributed by atoms with E-state index in [1.807, 2.05) is 30.3 Å². The highest BCUT2D eigenvalue weighted by Gasteiger charge is 2.41. The van der Waals surface area contributed by atoms with Crippen molar-refractivity contribution in [3.63, 3.8) is 0 Å². The molecule has 2 aliphatic rings. The molecule has 0 atom stereocenters. The van der Waals surface area contributed by atoms with Gasteiger partial charge < -0.3 is 0 Å². The monoisotopic (exact) mass is 408 g/mol. The summed E-state index contributed by atoms with van der Waals surface area (Å²) in [6, 6.07) is 12.8. The summed E-state index contributed by atoms with van der Waals surface area (Å²) in [6.07, 6.45) is 2.92. The predicted octanol–water partition coefficient (Wildman–Crippen LogP) is 2.32. The van der Waals surface area contributed by atoms with Crippen molar-refractivity contribution in [2.24, 2.45) is 5.92 Å². The fourth-order valence-corrected chi connectivity index (χ4v) is 6.61. The highest BCUT2D eigenvalue weighted by molar-refractivity contribution is 7.90. The molecule has 1 saturated heterocycles. The van der Waals surface area contributed by atoms with Gasteiger partial charge in [0.2, 0.25) is 20.0 Å². The predicted molar refractivity (Wildman–Crippen MR) is 105 cm³/mol. The minimum Gasteiger partial charge on any atom is -0.212 e. The van der Waals surface area contributed by atoms with Crippen LogP contribution in [0.4, 0.5) is 0 Å². The number of benzene rings is 2. The summed E-state index contributed by atoms with van der Waals surface area (Å²) in [5, 5.41) is 1.71. The minimum absolute atomic E-state index is 0.158. The average molecular weight is 409 g/mol. The Kier molecular flexibility index (Phi) is 5.00. The molecule has 4 rings (SSSR count). The summed E-state index contributed by atoms with van der Waals surface area (Å²) in [5.74, 6) is 0.158. The molecular weight excluding hydrogens is 384 g/mol. The van der Waals surface area contributed by atoms with Crippen LogP contribution in [0.3, 0.4) is 0 Å². The number of nitrogens with zero attached hydrogens (tertiary/aromatic N) is 1. The van der Waals surface area contributed by atoms with Crippen molar-refractivity contribution < 1.29 is 16.8 Å². The van der Waals surface area contributed by atoms with E-state index in [0.717, 1.165) is 23.6 Å². The van der Waals surface area contributed by atoms with Gasteiger partial charge in [-0.2, -0.15) is 0 Å². The number of hydrogen-bond acceptors (Lipinski definition) is 4. The summed E-state index contributed by atoms with van der Waals surface area (Å²) < 4.78 is 54.1. The lowest BCUT2D eigenvalue weighted by Gasteiger charge is -2.31. The van der Waals surface area contributed by atoms with E-state index in [1.54, 1.807) is 16.4 Å².